The van der Waals surface area contributed by atoms with Gasteiger partial charge < -0.3 is 10.7 Å². The van der Waals surface area contributed by atoms with Gasteiger partial charge in [0.15, 0.2) is 12.4 Å². The number of nitrogens with zero attached hydrogens (tertiary/aromatic N) is 3. The quantitative estimate of drug-likeness (QED) is 0.248. The third kappa shape index (κ3) is 4.42. The second kappa shape index (κ2) is 8.15. The van der Waals surface area contributed by atoms with Crippen molar-refractivity contribution in [3.63, 3.8) is 0 Å². The van der Waals surface area contributed by atoms with Crippen molar-refractivity contribution < 1.29 is 22.8 Å². The molecule has 1 heterocycles. The SMILES string of the molecule is CC(C=O)O/N=C/c1cc(-n2c(=S)cc(C(C)(F)F)n(N)c2=O)c(F)cc1Cl. The van der Waals surface area contributed by atoms with Gasteiger partial charge in [0.25, 0.3) is 5.92 Å². The minimum atomic E-state index is -3.44. The van der Waals surface area contributed by atoms with E-state index in [1.54, 1.807) is 0 Å². The number of aldehydes is 1. The predicted molar refractivity (Wildman–Crippen MR) is 99.8 cm³/mol. The second-order valence-electron chi connectivity index (χ2n) is 5.75. The van der Waals surface area contributed by atoms with Gasteiger partial charge >= 0.3 is 5.69 Å². The summed E-state index contributed by atoms with van der Waals surface area (Å²) in [5.41, 5.74) is -2.27. The number of halogens is 4. The average molecular weight is 435 g/mol. The highest BCUT2D eigenvalue weighted by molar-refractivity contribution is 7.71. The van der Waals surface area contributed by atoms with Crippen LogP contribution in [0.25, 0.3) is 5.69 Å². The van der Waals surface area contributed by atoms with Crippen LogP contribution in [0, 0.1) is 10.5 Å². The molecule has 1 aromatic heterocycles. The summed E-state index contributed by atoms with van der Waals surface area (Å²) in [7, 11) is 0. The van der Waals surface area contributed by atoms with Crippen molar-refractivity contribution >= 4 is 36.3 Å². The Morgan fingerprint density at radius 2 is 2.04 bits per heavy atom. The fraction of sp³-hybridized carbons (Fsp3) is 0.250. The van der Waals surface area contributed by atoms with Gasteiger partial charge in [-0.05, 0) is 19.1 Å². The van der Waals surface area contributed by atoms with Crippen LogP contribution < -0.4 is 11.5 Å². The lowest BCUT2D eigenvalue weighted by Gasteiger charge is -2.17. The van der Waals surface area contributed by atoms with Crippen LogP contribution in [0.15, 0.2) is 28.1 Å². The molecule has 1 aromatic carbocycles. The molecule has 28 heavy (non-hydrogen) atoms. The number of rotatable bonds is 6. The van der Waals surface area contributed by atoms with E-state index in [4.69, 9.17) is 34.5 Å². The Balaban J connectivity index is 2.65. The molecule has 150 valence electrons. The minimum absolute atomic E-state index is 0.0799. The first-order chi connectivity index (χ1) is 13.0. The maximum absolute atomic E-state index is 14.4. The Kier molecular flexibility index (Phi) is 6.30. The van der Waals surface area contributed by atoms with Crippen molar-refractivity contribution in [1.29, 1.82) is 0 Å². The lowest BCUT2D eigenvalue weighted by molar-refractivity contribution is -0.116. The van der Waals surface area contributed by atoms with E-state index in [0.29, 0.717) is 17.8 Å². The lowest BCUT2D eigenvalue weighted by atomic mass is 10.2. The summed E-state index contributed by atoms with van der Waals surface area (Å²) in [6.07, 6.45) is 0.768. The van der Waals surface area contributed by atoms with Crippen LogP contribution >= 0.6 is 23.8 Å². The maximum Gasteiger partial charge on any atom is 0.352 e. The van der Waals surface area contributed by atoms with Crippen LogP contribution in [-0.4, -0.2) is 27.8 Å². The van der Waals surface area contributed by atoms with Gasteiger partial charge in [0.1, 0.15) is 16.2 Å². The van der Waals surface area contributed by atoms with E-state index < -0.39 is 33.9 Å². The number of benzene rings is 1. The van der Waals surface area contributed by atoms with Crippen molar-refractivity contribution in [3.8, 4) is 5.69 Å². The lowest BCUT2D eigenvalue weighted by Crippen LogP contribution is -2.40. The third-order valence-corrected chi connectivity index (χ3v) is 4.13. The number of nitrogen functional groups attached to an aromatic ring is 1. The number of alkyl halides is 2. The molecule has 12 heteroatoms. The number of carbonyl (C=O) groups excluding carboxylic acids is 1. The Morgan fingerprint density at radius 1 is 1.39 bits per heavy atom. The largest absolute Gasteiger partial charge is 0.385 e. The summed E-state index contributed by atoms with van der Waals surface area (Å²) in [6.45, 7) is 1.98. The van der Waals surface area contributed by atoms with Crippen LogP contribution in [0.4, 0.5) is 13.2 Å². The molecule has 1 atom stereocenters. The smallest absolute Gasteiger partial charge is 0.352 e. The van der Waals surface area contributed by atoms with Gasteiger partial charge in [-0.15, -0.1) is 0 Å². The normalized spacial score (nSPS) is 12.9. The van der Waals surface area contributed by atoms with E-state index in [0.717, 1.165) is 24.4 Å². The Labute approximate surface area is 166 Å². The highest BCUT2D eigenvalue weighted by Gasteiger charge is 2.30. The average Bonchev–Trinajstić information content (AvgIpc) is 2.60. The molecule has 7 nitrogen and oxygen atoms in total. The number of oxime groups is 1. The zero-order valence-corrected chi connectivity index (χ0v) is 16.1. The van der Waals surface area contributed by atoms with Gasteiger partial charge in [0, 0.05) is 18.6 Å². The molecular weight excluding hydrogens is 421 g/mol. The van der Waals surface area contributed by atoms with Crippen LogP contribution in [-0.2, 0) is 15.6 Å². The molecule has 2 rings (SSSR count). The van der Waals surface area contributed by atoms with Gasteiger partial charge in [-0.2, -0.15) is 8.78 Å². The van der Waals surface area contributed by atoms with E-state index in [1.165, 1.54) is 6.92 Å². The van der Waals surface area contributed by atoms with Gasteiger partial charge in [0.05, 0.1) is 16.9 Å². The zero-order valence-electron chi connectivity index (χ0n) is 14.5. The molecular formula is C16H14ClF3N4O3S. The summed E-state index contributed by atoms with van der Waals surface area (Å²) in [5, 5.41) is 3.46. The first-order valence-corrected chi connectivity index (χ1v) is 8.42. The molecule has 2 aromatic rings. The van der Waals surface area contributed by atoms with Gasteiger partial charge in [-0.3, -0.25) is 4.79 Å². The van der Waals surface area contributed by atoms with Gasteiger partial charge in [-0.1, -0.05) is 29.0 Å². The van der Waals surface area contributed by atoms with Gasteiger partial charge in [0.2, 0.25) is 0 Å². The fourth-order valence-electron chi connectivity index (χ4n) is 2.15. The number of nitrogens with two attached hydrogens (primary N) is 1. The molecule has 1 unspecified atom stereocenters. The predicted octanol–water partition coefficient (Wildman–Crippen LogP) is 2.92. The summed E-state index contributed by atoms with van der Waals surface area (Å²) in [6, 6.07) is 2.79. The molecule has 0 aliphatic carbocycles. The van der Waals surface area contributed by atoms with Crippen LogP contribution in [0.1, 0.15) is 25.1 Å². The van der Waals surface area contributed by atoms with Gasteiger partial charge in [-0.25, -0.2) is 18.4 Å². The Hall–Kier alpha value is -2.66. The standard InChI is InChI=1S/C16H14ClF3N4O3S/c1-8(7-25)27-22-6-9-3-12(11(18)4-10(9)17)23-14(28)5-13(16(2,19)20)24(21)15(23)26/h3-8H,21H2,1-2H3/b22-6+. The fourth-order valence-corrected chi connectivity index (χ4v) is 2.64. The Bertz CT molecular complexity index is 1060. The van der Waals surface area contributed by atoms with Crippen LogP contribution in [0.3, 0.4) is 0 Å². The topological polar surface area (TPSA) is 91.6 Å². The van der Waals surface area contributed by atoms with Crippen molar-refractivity contribution in [2.45, 2.75) is 25.9 Å². The summed E-state index contributed by atoms with van der Waals surface area (Å²) in [5.74, 6) is 1.06. The zero-order chi connectivity index (χ0) is 21.2. The summed E-state index contributed by atoms with van der Waals surface area (Å²) in [4.78, 5) is 27.8. The third-order valence-electron chi connectivity index (χ3n) is 3.50. The van der Waals surface area contributed by atoms with E-state index in [9.17, 15) is 22.8 Å². The number of hydrogen-bond acceptors (Lipinski definition) is 6. The number of aromatic nitrogens is 2. The van der Waals surface area contributed by atoms with E-state index in [-0.39, 0.29) is 20.9 Å². The molecule has 0 bridgehead atoms. The first kappa shape index (κ1) is 21.6. The van der Waals surface area contributed by atoms with Crippen molar-refractivity contribution in [3.05, 3.63) is 55.4 Å². The van der Waals surface area contributed by atoms with E-state index >= 15 is 0 Å². The first-order valence-electron chi connectivity index (χ1n) is 7.63. The highest BCUT2D eigenvalue weighted by atomic mass is 35.5. The molecule has 0 saturated heterocycles. The van der Waals surface area contributed by atoms with Crippen molar-refractivity contribution in [1.82, 2.24) is 9.24 Å². The second-order valence-corrected chi connectivity index (χ2v) is 6.58. The monoisotopic (exact) mass is 434 g/mol. The van der Waals surface area contributed by atoms with Crippen LogP contribution in [0.2, 0.25) is 5.02 Å². The molecule has 0 spiro atoms. The van der Waals surface area contributed by atoms with Crippen LogP contribution in [0.5, 0.6) is 0 Å². The number of carbonyl (C=O) groups is 1. The molecule has 0 radical (unpaired) electrons. The molecule has 0 aliphatic heterocycles. The maximum atomic E-state index is 14.4. The summed E-state index contributed by atoms with van der Waals surface area (Å²) >= 11 is 10.9. The molecule has 0 fully saturated rings. The molecule has 2 N–H and O–H groups in total. The van der Waals surface area contributed by atoms with Crippen molar-refractivity contribution in [2.24, 2.45) is 5.16 Å². The Morgan fingerprint density at radius 3 is 2.61 bits per heavy atom. The number of hydrogen-bond donors (Lipinski definition) is 1. The van der Waals surface area contributed by atoms with Crippen molar-refractivity contribution in [2.75, 3.05) is 5.84 Å². The highest BCUT2D eigenvalue weighted by Crippen LogP contribution is 2.26. The van der Waals surface area contributed by atoms with E-state index in [2.05, 4.69) is 5.16 Å². The molecule has 0 aliphatic rings. The summed E-state index contributed by atoms with van der Waals surface area (Å²) < 4.78 is 42.1. The minimum Gasteiger partial charge on any atom is -0.385 e. The molecule has 0 amide bonds. The van der Waals surface area contributed by atoms with E-state index in [1.807, 2.05) is 0 Å². The molecule has 0 saturated carbocycles.